The van der Waals surface area contributed by atoms with Gasteiger partial charge in [-0.2, -0.15) is 0 Å². The Labute approximate surface area is 139 Å². The lowest BCUT2D eigenvalue weighted by Gasteiger charge is -2.37. The van der Waals surface area contributed by atoms with Gasteiger partial charge in [0.15, 0.2) is 0 Å². The number of aromatic nitrogens is 1. The molecule has 0 saturated heterocycles. The number of halogens is 2. The molecule has 7 heteroatoms. The van der Waals surface area contributed by atoms with Gasteiger partial charge in [0, 0.05) is 24.6 Å². The molecule has 132 valence electrons. The smallest absolute Gasteiger partial charge is 0.413 e. The molecule has 1 spiro atoms. The molecule has 0 aromatic carbocycles. The summed E-state index contributed by atoms with van der Waals surface area (Å²) in [4.78, 5) is 16.1. The summed E-state index contributed by atoms with van der Waals surface area (Å²) in [5.41, 5.74) is 0.429. The van der Waals surface area contributed by atoms with E-state index in [1.165, 1.54) is 0 Å². The number of nitrogens with one attached hydrogen (secondary N) is 1. The van der Waals surface area contributed by atoms with Gasteiger partial charge >= 0.3 is 6.09 Å². The minimum atomic E-state index is -2.62. The van der Waals surface area contributed by atoms with Crippen LogP contribution in [0.25, 0.3) is 0 Å². The average molecular weight is 340 g/mol. The standard InChI is InChI=1S/C17H22F2N2O3/c1-15(2,3)24-14(22)21-13-8-12-11(9-20-13)10-23-16(12)4-6-17(18,19)7-5-16/h8-9H,4-7,10H2,1-3H3,(H,20,21,22). The Hall–Kier alpha value is -1.76. The first-order valence-corrected chi connectivity index (χ1v) is 8.10. The first-order valence-electron chi connectivity index (χ1n) is 8.10. The zero-order chi connectivity index (χ0) is 17.6. The minimum Gasteiger partial charge on any atom is -0.444 e. The number of pyridine rings is 1. The summed E-state index contributed by atoms with van der Waals surface area (Å²) < 4.78 is 38.0. The van der Waals surface area contributed by atoms with Crippen molar-refractivity contribution in [1.29, 1.82) is 0 Å². The van der Waals surface area contributed by atoms with Crippen LogP contribution in [-0.2, 0) is 21.7 Å². The van der Waals surface area contributed by atoms with Crippen LogP contribution in [0.1, 0.15) is 57.6 Å². The second-order valence-electron chi connectivity index (χ2n) is 7.49. The van der Waals surface area contributed by atoms with Gasteiger partial charge in [0.25, 0.3) is 0 Å². The van der Waals surface area contributed by atoms with Gasteiger partial charge < -0.3 is 9.47 Å². The summed E-state index contributed by atoms with van der Waals surface area (Å²) in [6.45, 7) is 5.68. The Morgan fingerprint density at radius 2 is 1.96 bits per heavy atom. The van der Waals surface area contributed by atoms with Crippen molar-refractivity contribution >= 4 is 11.9 Å². The molecule has 1 saturated carbocycles. The van der Waals surface area contributed by atoms with Gasteiger partial charge in [0.2, 0.25) is 5.92 Å². The van der Waals surface area contributed by atoms with Crippen LogP contribution in [-0.4, -0.2) is 22.6 Å². The third kappa shape index (κ3) is 3.50. The fraction of sp³-hybridized carbons (Fsp3) is 0.647. The first kappa shape index (κ1) is 17.1. The van der Waals surface area contributed by atoms with Crippen molar-refractivity contribution in [3.63, 3.8) is 0 Å². The number of hydrogen-bond acceptors (Lipinski definition) is 4. The van der Waals surface area contributed by atoms with E-state index in [1.807, 2.05) is 0 Å². The molecule has 2 aliphatic rings. The number of anilines is 1. The number of ether oxygens (including phenoxy) is 2. The summed E-state index contributed by atoms with van der Waals surface area (Å²) in [5, 5.41) is 2.59. The highest BCUT2D eigenvalue weighted by atomic mass is 19.3. The summed E-state index contributed by atoms with van der Waals surface area (Å²) in [5.74, 6) is -2.28. The second-order valence-corrected chi connectivity index (χ2v) is 7.49. The number of nitrogens with zero attached hydrogens (tertiary/aromatic N) is 1. The van der Waals surface area contributed by atoms with Crippen LogP contribution in [0.4, 0.5) is 19.4 Å². The van der Waals surface area contributed by atoms with E-state index in [-0.39, 0.29) is 25.7 Å². The number of rotatable bonds is 1. The average Bonchev–Trinajstić information content (AvgIpc) is 2.79. The Balaban J connectivity index is 1.78. The van der Waals surface area contributed by atoms with E-state index >= 15 is 0 Å². The van der Waals surface area contributed by atoms with E-state index in [1.54, 1.807) is 33.0 Å². The molecule has 24 heavy (non-hydrogen) atoms. The number of carbonyl (C=O) groups excluding carboxylic acids is 1. The van der Waals surface area contributed by atoms with Crippen molar-refractivity contribution in [1.82, 2.24) is 4.98 Å². The topological polar surface area (TPSA) is 60.5 Å². The van der Waals surface area contributed by atoms with E-state index < -0.39 is 23.2 Å². The molecule has 1 N–H and O–H groups in total. The molecule has 3 rings (SSSR count). The second kappa shape index (κ2) is 5.65. The van der Waals surface area contributed by atoms with Gasteiger partial charge in [-0.05, 0) is 45.2 Å². The Morgan fingerprint density at radius 1 is 1.29 bits per heavy atom. The van der Waals surface area contributed by atoms with E-state index in [4.69, 9.17) is 9.47 Å². The van der Waals surface area contributed by atoms with Gasteiger partial charge in [-0.3, -0.25) is 5.32 Å². The van der Waals surface area contributed by atoms with Gasteiger partial charge in [0.05, 0.1) is 12.2 Å². The van der Waals surface area contributed by atoms with E-state index in [9.17, 15) is 13.6 Å². The third-order valence-corrected chi connectivity index (χ3v) is 4.40. The molecule has 2 heterocycles. The predicted octanol–water partition coefficient (Wildman–Crippen LogP) is 4.36. The number of amides is 1. The highest BCUT2D eigenvalue weighted by Crippen LogP contribution is 2.50. The van der Waals surface area contributed by atoms with Crippen LogP contribution < -0.4 is 5.32 Å². The van der Waals surface area contributed by atoms with Gasteiger partial charge in [-0.15, -0.1) is 0 Å². The Bertz CT molecular complexity index is 646. The molecule has 0 unspecified atom stereocenters. The maximum absolute atomic E-state index is 13.5. The zero-order valence-corrected chi connectivity index (χ0v) is 14.1. The van der Waals surface area contributed by atoms with Crippen molar-refractivity contribution in [2.75, 3.05) is 5.32 Å². The summed E-state index contributed by atoms with van der Waals surface area (Å²) in [6.07, 6.45) is 1.18. The summed E-state index contributed by atoms with van der Waals surface area (Å²) >= 11 is 0. The maximum atomic E-state index is 13.5. The molecule has 0 bridgehead atoms. The molecule has 0 atom stereocenters. The quantitative estimate of drug-likeness (QED) is 0.825. The van der Waals surface area contributed by atoms with E-state index in [0.717, 1.165) is 11.1 Å². The molecule has 1 aliphatic carbocycles. The van der Waals surface area contributed by atoms with Gasteiger partial charge in [-0.1, -0.05) is 0 Å². The fourth-order valence-electron chi connectivity index (χ4n) is 3.23. The molecule has 1 aliphatic heterocycles. The highest BCUT2D eigenvalue weighted by Gasteiger charge is 2.48. The van der Waals surface area contributed by atoms with Crippen LogP contribution in [0, 0.1) is 0 Å². The lowest BCUT2D eigenvalue weighted by atomic mass is 9.78. The van der Waals surface area contributed by atoms with Crippen LogP contribution >= 0.6 is 0 Å². The largest absolute Gasteiger partial charge is 0.444 e. The van der Waals surface area contributed by atoms with E-state index in [0.29, 0.717) is 12.4 Å². The molecule has 1 amide bonds. The molecule has 1 aromatic heterocycles. The van der Waals surface area contributed by atoms with Crippen molar-refractivity contribution in [2.24, 2.45) is 0 Å². The molecular formula is C17H22F2N2O3. The zero-order valence-electron chi connectivity index (χ0n) is 14.1. The number of hydrogen-bond donors (Lipinski definition) is 1. The van der Waals surface area contributed by atoms with E-state index in [2.05, 4.69) is 10.3 Å². The van der Waals surface area contributed by atoms with Gasteiger partial charge in [-0.25, -0.2) is 18.6 Å². The molecular weight excluding hydrogens is 318 g/mol. The fourth-order valence-corrected chi connectivity index (χ4v) is 3.23. The third-order valence-electron chi connectivity index (χ3n) is 4.40. The van der Waals surface area contributed by atoms with Crippen molar-refractivity contribution in [3.05, 3.63) is 23.4 Å². The monoisotopic (exact) mass is 340 g/mol. The molecule has 0 radical (unpaired) electrons. The summed E-state index contributed by atoms with van der Waals surface area (Å²) in [7, 11) is 0. The van der Waals surface area contributed by atoms with Crippen LogP contribution in [0.15, 0.2) is 12.3 Å². The maximum Gasteiger partial charge on any atom is 0.413 e. The highest BCUT2D eigenvalue weighted by molar-refractivity contribution is 5.83. The van der Waals surface area contributed by atoms with Crippen molar-refractivity contribution < 1.29 is 23.0 Å². The Morgan fingerprint density at radius 3 is 2.58 bits per heavy atom. The predicted molar refractivity (Wildman–Crippen MR) is 84.0 cm³/mol. The number of fused-ring (bicyclic) bond motifs is 2. The van der Waals surface area contributed by atoms with Crippen LogP contribution in [0.3, 0.4) is 0 Å². The number of alkyl halides is 2. The normalized spacial score (nSPS) is 21.4. The summed E-state index contributed by atoms with van der Waals surface area (Å²) in [6, 6.07) is 1.72. The lowest BCUT2D eigenvalue weighted by Crippen LogP contribution is -2.36. The molecule has 1 fully saturated rings. The Kier molecular flexibility index (Phi) is 4.02. The first-order chi connectivity index (χ1) is 11.1. The minimum absolute atomic E-state index is 0.191. The van der Waals surface area contributed by atoms with Gasteiger partial charge in [0.1, 0.15) is 11.4 Å². The lowest BCUT2D eigenvalue weighted by molar-refractivity contribution is -0.130. The molecule has 5 nitrogen and oxygen atoms in total. The van der Waals surface area contributed by atoms with Crippen LogP contribution in [0.2, 0.25) is 0 Å². The molecule has 1 aromatic rings. The number of carbonyl (C=O) groups is 1. The van der Waals surface area contributed by atoms with Crippen molar-refractivity contribution in [3.8, 4) is 0 Å². The van der Waals surface area contributed by atoms with Crippen LogP contribution in [0.5, 0.6) is 0 Å². The van der Waals surface area contributed by atoms with Crippen molar-refractivity contribution in [2.45, 2.75) is 70.2 Å². The SMILES string of the molecule is CC(C)(C)OC(=O)Nc1cc2c(cn1)COC21CCC(F)(F)CC1.